The van der Waals surface area contributed by atoms with Gasteiger partial charge in [-0.05, 0) is 41.0 Å². The normalized spacial score (nSPS) is 18.9. The summed E-state index contributed by atoms with van der Waals surface area (Å²) < 4.78 is 24.6. The summed E-state index contributed by atoms with van der Waals surface area (Å²) in [6.45, 7) is 2.06. The molecule has 3 atom stereocenters. The Morgan fingerprint density at radius 1 is 1.10 bits per heavy atom. The van der Waals surface area contributed by atoms with Gasteiger partial charge in [0.1, 0.15) is 18.5 Å². The molecular formula is C24H24FNO3. The second kappa shape index (κ2) is 8.11. The van der Waals surface area contributed by atoms with E-state index in [-0.39, 0.29) is 12.6 Å². The van der Waals surface area contributed by atoms with Crippen LogP contribution in [0, 0.1) is 0 Å². The minimum atomic E-state index is -0.999. The zero-order valence-corrected chi connectivity index (χ0v) is 16.5. The summed E-state index contributed by atoms with van der Waals surface area (Å²) in [5.41, 5.74) is 1.84. The largest absolute Gasteiger partial charge is 0.497 e. The smallest absolute Gasteiger partial charge is 0.410 e. The van der Waals surface area contributed by atoms with E-state index >= 15 is 0 Å². The molecule has 0 aromatic heterocycles. The second-order valence-corrected chi connectivity index (χ2v) is 7.37. The van der Waals surface area contributed by atoms with E-state index in [0.29, 0.717) is 6.42 Å². The molecule has 0 saturated heterocycles. The third-order valence-corrected chi connectivity index (χ3v) is 5.46. The van der Waals surface area contributed by atoms with Gasteiger partial charge in [-0.15, -0.1) is 0 Å². The van der Waals surface area contributed by atoms with Crippen molar-refractivity contribution in [2.75, 3.05) is 7.11 Å². The summed E-state index contributed by atoms with van der Waals surface area (Å²) in [4.78, 5) is 14.5. The molecule has 5 heteroatoms. The molecule has 1 saturated carbocycles. The third-order valence-electron chi connectivity index (χ3n) is 5.46. The molecule has 0 heterocycles. The monoisotopic (exact) mass is 393 g/mol. The van der Waals surface area contributed by atoms with Gasteiger partial charge >= 0.3 is 6.09 Å². The lowest BCUT2D eigenvalue weighted by Crippen LogP contribution is -2.37. The van der Waals surface area contributed by atoms with Gasteiger partial charge < -0.3 is 9.47 Å². The number of rotatable bonds is 6. The first kappa shape index (κ1) is 19.2. The first-order chi connectivity index (χ1) is 14.1. The summed E-state index contributed by atoms with van der Waals surface area (Å²) in [6, 6.07) is 20.6. The average Bonchev–Trinajstić information content (AvgIpc) is 3.47. The fourth-order valence-electron chi connectivity index (χ4n) is 3.73. The average molecular weight is 393 g/mol. The molecular weight excluding hydrogens is 369 g/mol. The first-order valence-corrected chi connectivity index (χ1v) is 9.78. The summed E-state index contributed by atoms with van der Waals surface area (Å²) in [5.74, 6) is 0.740. The number of amides is 1. The van der Waals surface area contributed by atoms with Crippen molar-refractivity contribution >= 4 is 16.9 Å². The van der Waals surface area contributed by atoms with Gasteiger partial charge in [0.25, 0.3) is 0 Å². The van der Waals surface area contributed by atoms with Crippen LogP contribution in [0.4, 0.5) is 9.18 Å². The van der Waals surface area contributed by atoms with Crippen LogP contribution in [-0.4, -0.2) is 30.3 Å². The zero-order valence-electron chi connectivity index (χ0n) is 16.5. The van der Waals surface area contributed by atoms with Gasteiger partial charge in [-0.25, -0.2) is 9.18 Å². The van der Waals surface area contributed by atoms with Gasteiger partial charge in [0, 0.05) is 6.42 Å². The number of alkyl halides is 1. The van der Waals surface area contributed by atoms with Gasteiger partial charge in [-0.1, -0.05) is 54.6 Å². The Morgan fingerprint density at radius 3 is 2.48 bits per heavy atom. The molecule has 3 aromatic rings. The van der Waals surface area contributed by atoms with Crippen LogP contribution in [0.25, 0.3) is 10.8 Å². The van der Waals surface area contributed by atoms with E-state index < -0.39 is 18.3 Å². The molecule has 0 radical (unpaired) electrons. The van der Waals surface area contributed by atoms with E-state index in [2.05, 4.69) is 0 Å². The van der Waals surface area contributed by atoms with Gasteiger partial charge in [-0.3, -0.25) is 4.90 Å². The number of ether oxygens (including phenoxy) is 2. The Bertz CT molecular complexity index is 999. The summed E-state index contributed by atoms with van der Waals surface area (Å²) in [6.07, 6.45) is -1.14. The van der Waals surface area contributed by atoms with E-state index in [9.17, 15) is 9.18 Å². The van der Waals surface area contributed by atoms with E-state index in [4.69, 9.17) is 9.47 Å². The Labute approximate surface area is 169 Å². The standard InChI is InChI=1S/C24H24FNO3/c1-16(20-9-5-7-18-6-3-4-8-21(18)20)26(23-14-22(23)25)24(27)29-15-17-10-12-19(28-2)13-11-17/h3-13,16,22-23H,14-15H2,1-2H3/t16-,22-,23+/m0/s1. The Hall–Kier alpha value is -3.08. The van der Waals surface area contributed by atoms with Crippen LogP contribution in [0.2, 0.25) is 0 Å². The maximum atomic E-state index is 14.0. The lowest BCUT2D eigenvalue weighted by molar-refractivity contribution is 0.0763. The molecule has 3 aromatic carbocycles. The molecule has 29 heavy (non-hydrogen) atoms. The highest BCUT2D eigenvalue weighted by Crippen LogP contribution is 2.39. The first-order valence-electron chi connectivity index (χ1n) is 9.78. The molecule has 0 aliphatic heterocycles. The predicted molar refractivity (Wildman–Crippen MR) is 111 cm³/mol. The van der Waals surface area contributed by atoms with Crippen molar-refractivity contribution in [3.8, 4) is 5.75 Å². The number of fused-ring (bicyclic) bond motifs is 1. The lowest BCUT2D eigenvalue weighted by Gasteiger charge is -2.29. The number of benzene rings is 3. The SMILES string of the molecule is COc1ccc(COC(=O)N([C@@H]2C[C@@H]2F)[C@@H](C)c2cccc3ccccc23)cc1. The van der Waals surface area contributed by atoms with Crippen molar-refractivity contribution in [2.45, 2.75) is 38.2 Å². The highest BCUT2D eigenvalue weighted by atomic mass is 19.1. The van der Waals surface area contributed by atoms with Crippen molar-refractivity contribution in [1.82, 2.24) is 4.90 Å². The Morgan fingerprint density at radius 2 is 1.79 bits per heavy atom. The summed E-state index contributed by atoms with van der Waals surface area (Å²) in [7, 11) is 1.60. The van der Waals surface area contributed by atoms with Crippen LogP contribution in [0.15, 0.2) is 66.7 Å². The number of methoxy groups -OCH3 is 1. The molecule has 150 valence electrons. The van der Waals surface area contributed by atoms with Crippen molar-refractivity contribution in [3.63, 3.8) is 0 Å². The molecule has 4 rings (SSSR count). The van der Waals surface area contributed by atoms with E-state index in [1.54, 1.807) is 12.0 Å². The molecule has 4 nitrogen and oxygen atoms in total. The molecule has 1 fully saturated rings. The van der Waals surface area contributed by atoms with Crippen molar-refractivity contribution in [1.29, 1.82) is 0 Å². The summed E-state index contributed by atoms with van der Waals surface area (Å²) in [5, 5.41) is 2.16. The Kier molecular flexibility index (Phi) is 5.38. The van der Waals surface area contributed by atoms with E-state index in [1.807, 2.05) is 73.7 Å². The topological polar surface area (TPSA) is 38.8 Å². The number of halogens is 1. The highest BCUT2D eigenvalue weighted by Gasteiger charge is 2.47. The minimum Gasteiger partial charge on any atom is -0.497 e. The molecule has 1 aliphatic rings. The van der Waals surface area contributed by atoms with Crippen molar-refractivity contribution in [3.05, 3.63) is 77.9 Å². The van der Waals surface area contributed by atoms with Crippen LogP contribution >= 0.6 is 0 Å². The second-order valence-electron chi connectivity index (χ2n) is 7.37. The molecule has 0 unspecified atom stereocenters. The number of carbonyl (C=O) groups is 1. The fraction of sp³-hybridized carbons (Fsp3) is 0.292. The molecule has 0 spiro atoms. The van der Waals surface area contributed by atoms with Crippen LogP contribution in [-0.2, 0) is 11.3 Å². The maximum absolute atomic E-state index is 14.0. The van der Waals surface area contributed by atoms with Gasteiger partial charge in [-0.2, -0.15) is 0 Å². The molecule has 0 bridgehead atoms. The number of hydrogen-bond donors (Lipinski definition) is 0. The van der Waals surface area contributed by atoms with Gasteiger partial charge in [0.15, 0.2) is 0 Å². The van der Waals surface area contributed by atoms with E-state index in [1.165, 1.54) is 0 Å². The number of hydrogen-bond acceptors (Lipinski definition) is 3. The molecule has 0 N–H and O–H groups in total. The minimum absolute atomic E-state index is 0.130. The number of carbonyl (C=O) groups excluding carboxylic acids is 1. The third kappa shape index (κ3) is 4.04. The highest BCUT2D eigenvalue weighted by molar-refractivity contribution is 5.86. The predicted octanol–water partition coefficient (Wildman–Crippen LogP) is 5.66. The van der Waals surface area contributed by atoms with Crippen LogP contribution in [0.3, 0.4) is 0 Å². The lowest BCUT2D eigenvalue weighted by atomic mass is 9.99. The van der Waals surface area contributed by atoms with Crippen LogP contribution < -0.4 is 4.74 Å². The molecule has 1 aliphatic carbocycles. The van der Waals surface area contributed by atoms with Crippen molar-refractivity contribution in [2.24, 2.45) is 0 Å². The van der Waals surface area contributed by atoms with Crippen LogP contribution in [0.1, 0.15) is 30.5 Å². The fourth-order valence-corrected chi connectivity index (χ4v) is 3.73. The van der Waals surface area contributed by atoms with E-state index in [0.717, 1.165) is 27.6 Å². The maximum Gasteiger partial charge on any atom is 0.410 e. The summed E-state index contributed by atoms with van der Waals surface area (Å²) >= 11 is 0. The number of nitrogens with zero attached hydrogens (tertiary/aromatic N) is 1. The van der Waals surface area contributed by atoms with Gasteiger partial charge in [0.2, 0.25) is 0 Å². The van der Waals surface area contributed by atoms with Gasteiger partial charge in [0.05, 0.1) is 19.2 Å². The quantitative estimate of drug-likeness (QED) is 0.542. The zero-order chi connectivity index (χ0) is 20.4. The molecule has 1 amide bonds. The Balaban J connectivity index is 1.54. The van der Waals surface area contributed by atoms with Crippen LogP contribution in [0.5, 0.6) is 5.75 Å². The van der Waals surface area contributed by atoms with Crippen molar-refractivity contribution < 1.29 is 18.7 Å².